The largest absolute Gasteiger partial charge is 0.339 e. The molecule has 0 radical (unpaired) electrons. The van der Waals surface area contributed by atoms with Gasteiger partial charge in [-0.15, -0.1) is 11.3 Å². The van der Waals surface area contributed by atoms with Gasteiger partial charge in [0.15, 0.2) is 4.96 Å². The van der Waals surface area contributed by atoms with Gasteiger partial charge in [-0.05, 0) is 24.3 Å². The minimum atomic E-state index is -0.282. The number of rotatable bonds is 3. The predicted molar refractivity (Wildman–Crippen MR) is 101 cm³/mol. The van der Waals surface area contributed by atoms with E-state index in [0.717, 1.165) is 21.9 Å². The molecule has 0 spiro atoms. The van der Waals surface area contributed by atoms with Crippen molar-refractivity contribution in [2.45, 2.75) is 13.3 Å². The maximum atomic E-state index is 13.1. The standard InChI is InChI=1S/C19H19FN4O2S/c1-13(25)22-6-8-23(9-7-22)18(26)10-16-12-27-19-21-17(11-24(16)19)14-2-4-15(20)5-3-14/h2-5,11-12H,6-10H2,1H3. The van der Waals surface area contributed by atoms with Gasteiger partial charge in [0.1, 0.15) is 5.82 Å². The number of hydrogen-bond acceptors (Lipinski definition) is 4. The Morgan fingerprint density at radius 1 is 1.11 bits per heavy atom. The molecule has 3 aromatic rings. The molecule has 1 aliphatic rings. The number of benzene rings is 1. The minimum absolute atomic E-state index is 0.0494. The highest BCUT2D eigenvalue weighted by Gasteiger charge is 2.23. The van der Waals surface area contributed by atoms with E-state index in [2.05, 4.69) is 4.98 Å². The first-order valence-electron chi connectivity index (χ1n) is 8.76. The van der Waals surface area contributed by atoms with Gasteiger partial charge < -0.3 is 9.80 Å². The second kappa shape index (κ2) is 7.11. The van der Waals surface area contributed by atoms with Crippen molar-refractivity contribution in [2.24, 2.45) is 0 Å². The molecule has 1 saturated heterocycles. The number of hydrogen-bond donors (Lipinski definition) is 0. The molecule has 1 aliphatic heterocycles. The van der Waals surface area contributed by atoms with E-state index >= 15 is 0 Å². The van der Waals surface area contributed by atoms with Crippen molar-refractivity contribution >= 4 is 28.1 Å². The van der Waals surface area contributed by atoms with Crippen molar-refractivity contribution in [1.29, 1.82) is 0 Å². The van der Waals surface area contributed by atoms with Crippen molar-refractivity contribution in [3.63, 3.8) is 0 Å². The minimum Gasteiger partial charge on any atom is -0.339 e. The predicted octanol–water partition coefficient (Wildman–Crippen LogP) is 2.44. The molecular formula is C19H19FN4O2S. The van der Waals surface area contributed by atoms with Crippen LogP contribution < -0.4 is 0 Å². The Bertz CT molecular complexity index is 987. The second-order valence-electron chi connectivity index (χ2n) is 6.58. The first-order chi connectivity index (χ1) is 13.0. The van der Waals surface area contributed by atoms with E-state index in [1.807, 2.05) is 16.0 Å². The van der Waals surface area contributed by atoms with E-state index in [1.165, 1.54) is 23.5 Å². The summed E-state index contributed by atoms with van der Waals surface area (Å²) in [6.07, 6.45) is 2.18. The topological polar surface area (TPSA) is 57.9 Å². The maximum absolute atomic E-state index is 13.1. The molecule has 0 N–H and O–H groups in total. The van der Waals surface area contributed by atoms with Gasteiger partial charge in [0.05, 0.1) is 12.1 Å². The van der Waals surface area contributed by atoms with E-state index in [9.17, 15) is 14.0 Å². The highest BCUT2D eigenvalue weighted by Crippen LogP contribution is 2.24. The third-order valence-electron chi connectivity index (χ3n) is 4.83. The van der Waals surface area contributed by atoms with Crippen LogP contribution in [0.2, 0.25) is 0 Å². The molecule has 6 nitrogen and oxygen atoms in total. The molecular weight excluding hydrogens is 367 g/mol. The van der Waals surface area contributed by atoms with E-state index in [-0.39, 0.29) is 17.6 Å². The molecule has 3 heterocycles. The van der Waals surface area contributed by atoms with Gasteiger partial charge in [0.25, 0.3) is 0 Å². The van der Waals surface area contributed by atoms with Crippen LogP contribution in [0.3, 0.4) is 0 Å². The van der Waals surface area contributed by atoms with Gasteiger partial charge in [-0.25, -0.2) is 9.37 Å². The Morgan fingerprint density at radius 2 is 1.78 bits per heavy atom. The summed E-state index contributed by atoms with van der Waals surface area (Å²) in [6.45, 7) is 3.85. The van der Waals surface area contributed by atoms with Crippen LogP contribution in [-0.2, 0) is 16.0 Å². The smallest absolute Gasteiger partial charge is 0.228 e. The summed E-state index contributed by atoms with van der Waals surface area (Å²) in [5.41, 5.74) is 2.48. The molecule has 1 aromatic carbocycles. The van der Waals surface area contributed by atoms with Crippen LogP contribution in [0, 0.1) is 5.82 Å². The van der Waals surface area contributed by atoms with Crippen LogP contribution in [-0.4, -0.2) is 57.2 Å². The molecule has 0 saturated carbocycles. The Morgan fingerprint density at radius 3 is 2.44 bits per heavy atom. The van der Waals surface area contributed by atoms with Crippen molar-refractivity contribution in [3.05, 3.63) is 47.4 Å². The number of imidazole rings is 1. The van der Waals surface area contributed by atoms with Crippen LogP contribution in [0.1, 0.15) is 12.6 Å². The summed E-state index contributed by atoms with van der Waals surface area (Å²) in [5.74, 6) is -0.181. The highest BCUT2D eigenvalue weighted by molar-refractivity contribution is 7.15. The SMILES string of the molecule is CC(=O)N1CCN(C(=O)Cc2csc3nc(-c4ccc(F)cc4)cn23)CC1. The number of halogens is 1. The number of carbonyl (C=O) groups is 2. The van der Waals surface area contributed by atoms with Crippen LogP contribution in [0.5, 0.6) is 0 Å². The number of aromatic nitrogens is 2. The molecule has 140 valence electrons. The third kappa shape index (κ3) is 3.57. The number of carbonyl (C=O) groups excluding carboxylic acids is 2. The third-order valence-corrected chi connectivity index (χ3v) is 5.72. The average molecular weight is 386 g/mol. The van der Waals surface area contributed by atoms with Crippen molar-refractivity contribution in [2.75, 3.05) is 26.2 Å². The zero-order chi connectivity index (χ0) is 19.0. The van der Waals surface area contributed by atoms with Crippen LogP contribution in [0.15, 0.2) is 35.8 Å². The van der Waals surface area contributed by atoms with Gasteiger partial charge >= 0.3 is 0 Å². The lowest BCUT2D eigenvalue weighted by molar-refractivity contribution is -0.138. The molecule has 2 aromatic heterocycles. The monoisotopic (exact) mass is 386 g/mol. The molecule has 1 fully saturated rings. The van der Waals surface area contributed by atoms with E-state index in [0.29, 0.717) is 32.6 Å². The van der Waals surface area contributed by atoms with Crippen molar-refractivity contribution in [3.8, 4) is 11.3 Å². The lowest BCUT2D eigenvalue weighted by Crippen LogP contribution is -2.50. The van der Waals surface area contributed by atoms with Crippen molar-refractivity contribution in [1.82, 2.24) is 19.2 Å². The number of thiazole rings is 1. The quantitative estimate of drug-likeness (QED) is 0.695. The van der Waals surface area contributed by atoms with Gasteiger partial charge in [0.2, 0.25) is 11.8 Å². The Kier molecular flexibility index (Phi) is 4.65. The molecule has 8 heteroatoms. The highest BCUT2D eigenvalue weighted by atomic mass is 32.1. The fourth-order valence-electron chi connectivity index (χ4n) is 3.25. The van der Waals surface area contributed by atoms with E-state index in [1.54, 1.807) is 28.9 Å². The van der Waals surface area contributed by atoms with Crippen LogP contribution >= 0.6 is 11.3 Å². The first kappa shape index (κ1) is 17.7. The fourth-order valence-corrected chi connectivity index (χ4v) is 4.13. The second-order valence-corrected chi connectivity index (χ2v) is 7.41. The lowest BCUT2D eigenvalue weighted by atomic mass is 10.2. The average Bonchev–Trinajstić information content (AvgIpc) is 3.24. The van der Waals surface area contributed by atoms with Gasteiger partial charge in [-0.1, -0.05) is 0 Å². The van der Waals surface area contributed by atoms with Gasteiger partial charge in [-0.2, -0.15) is 0 Å². The molecule has 0 aliphatic carbocycles. The molecule has 0 unspecified atom stereocenters. The van der Waals surface area contributed by atoms with Gasteiger partial charge in [0, 0.05) is 55.9 Å². The molecule has 27 heavy (non-hydrogen) atoms. The van der Waals surface area contributed by atoms with Crippen LogP contribution in [0.25, 0.3) is 16.2 Å². The summed E-state index contributed by atoms with van der Waals surface area (Å²) < 4.78 is 15.0. The number of amides is 2. The molecule has 0 atom stereocenters. The zero-order valence-corrected chi connectivity index (χ0v) is 15.7. The summed E-state index contributed by atoms with van der Waals surface area (Å²) in [6, 6.07) is 6.21. The Labute approximate surface area is 159 Å². The summed E-state index contributed by atoms with van der Waals surface area (Å²) in [4.78, 5) is 33.0. The molecule has 2 amide bonds. The molecule has 4 rings (SSSR count). The normalized spacial score (nSPS) is 14.7. The van der Waals surface area contributed by atoms with E-state index in [4.69, 9.17) is 0 Å². The number of fused-ring (bicyclic) bond motifs is 1. The summed E-state index contributed by atoms with van der Waals surface area (Å²) in [7, 11) is 0. The lowest BCUT2D eigenvalue weighted by Gasteiger charge is -2.34. The fraction of sp³-hybridized carbons (Fsp3) is 0.316. The Hall–Kier alpha value is -2.74. The maximum Gasteiger partial charge on any atom is 0.228 e. The van der Waals surface area contributed by atoms with E-state index < -0.39 is 0 Å². The number of piperazine rings is 1. The summed E-state index contributed by atoms with van der Waals surface area (Å²) in [5, 5.41) is 1.94. The molecule has 0 bridgehead atoms. The van der Waals surface area contributed by atoms with Gasteiger partial charge in [-0.3, -0.25) is 14.0 Å². The Balaban J connectivity index is 1.48. The van der Waals surface area contributed by atoms with Crippen LogP contribution in [0.4, 0.5) is 4.39 Å². The first-order valence-corrected chi connectivity index (χ1v) is 9.64. The summed E-state index contributed by atoms with van der Waals surface area (Å²) >= 11 is 1.48. The zero-order valence-electron chi connectivity index (χ0n) is 14.9. The van der Waals surface area contributed by atoms with Crippen molar-refractivity contribution < 1.29 is 14.0 Å². The number of nitrogens with zero attached hydrogens (tertiary/aromatic N) is 4.